The molecule has 3 N–H and O–H groups in total. The van der Waals surface area contributed by atoms with Gasteiger partial charge >= 0.3 is 0 Å². The average Bonchev–Trinajstić information content (AvgIpc) is 2.26. The number of halogens is 1. The van der Waals surface area contributed by atoms with Crippen LogP contribution in [0.1, 0.15) is 26.3 Å². The molecule has 1 rings (SSSR count). The van der Waals surface area contributed by atoms with Gasteiger partial charge in [-0.1, -0.05) is 44.2 Å². The second-order valence-corrected chi connectivity index (χ2v) is 7.75. The molecule has 4 nitrogen and oxygen atoms in total. The third-order valence-electron chi connectivity index (χ3n) is 2.19. The van der Waals surface area contributed by atoms with Crippen molar-refractivity contribution in [3.8, 4) is 11.8 Å². The van der Waals surface area contributed by atoms with Crippen molar-refractivity contribution in [1.82, 2.24) is 0 Å². The lowest BCUT2D eigenvalue weighted by molar-refractivity contribution is 0.463. The van der Waals surface area contributed by atoms with Crippen LogP contribution < -0.4 is 10.5 Å². The highest BCUT2D eigenvalue weighted by atomic mass is 35.5. The smallest absolute Gasteiger partial charge is 0.233 e. The van der Waals surface area contributed by atoms with Crippen molar-refractivity contribution in [3.05, 3.63) is 28.8 Å². The molecule has 0 fully saturated rings. The molecule has 110 valence electrons. The van der Waals surface area contributed by atoms with Gasteiger partial charge in [-0.25, -0.2) is 8.42 Å². The third-order valence-corrected chi connectivity index (χ3v) is 4.30. The van der Waals surface area contributed by atoms with E-state index < -0.39 is 10.0 Å². The molecule has 0 aliphatic rings. The number of hydrogen-bond donors (Lipinski definition) is 2. The normalized spacial score (nSPS) is 11.7. The molecule has 1 aromatic carbocycles. The van der Waals surface area contributed by atoms with Gasteiger partial charge in [0.1, 0.15) is 0 Å². The van der Waals surface area contributed by atoms with Gasteiger partial charge in [0.15, 0.2) is 0 Å². The van der Waals surface area contributed by atoms with E-state index in [1.807, 2.05) is 20.8 Å². The van der Waals surface area contributed by atoms with Gasteiger partial charge < -0.3 is 5.73 Å². The maximum Gasteiger partial charge on any atom is 0.233 e. The van der Waals surface area contributed by atoms with Crippen LogP contribution in [0.25, 0.3) is 0 Å². The summed E-state index contributed by atoms with van der Waals surface area (Å²) >= 11 is 6.01. The highest BCUT2D eigenvalue weighted by Gasteiger charge is 2.22. The highest BCUT2D eigenvalue weighted by molar-refractivity contribution is 7.92. The van der Waals surface area contributed by atoms with Crippen LogP contribution in [0.4, 0.5) is 5.69 Å². The minimum atomic E-state index is -3.46. The largest absolute Gasteiger partial charge is 0.320 e. The first kappa shape index (κ1) is 16.8. The molecule has 0 aliphatic carbocycles. The summed E-state index contributed by atoms with van der Waals surface area (Å²) in [4.78, 5) is 0. The van der Waals surface area contributed by atoms with E-state index in [2.05, 4.69) is 16.6 Å². The van der Waals surface area contributed by atoms with E-state index in [0.717, 1.165) is 0 Å². The number of sulfonamides is 1. The number of nitrogens with one attached hydrogen (secondary N) is 1. The fraction of sp³-hybridized carbons (Fsp3) is 0.429. The average molecular weight is 315 g/mol. The molecule has 0 aromatic heterocycles. The van der Waals surface area contributed by atoms with E-state index in [4.69, 9.17) is 17.3 Å². The summed E-state index contributed by atoms with van der Waals surface area (Å²) in [5.74, 6) is 5.56. The van der Waals surface area contributed by atoms with E-state index in [1.54, 1.807) is 18.2 Å². The summed E-state index contributed by atoms with van der Waals surface area (Å²) in [5, 5.41) is 0.334. The monoisotopic (exact) mass is 314 g/mol. The van der Waals surface area contributed by atoms with Crippen molar-refractivity contribution in [3.63, 3.8) is 0 Å². The molecule has 0 aliphatic heterocycles. The predicted octanol–water partition coefficient (Wildman–Crippen LogP) is 2.44. The van der Waals surface area contributed by atoms with E-state index in [9.17, 15) is 8.42 Å². The van der Waals surface area contributed by atoms with Gasteiger partial charge in [0.25, 0.3) is 0 Å². The van der Waals surface area contributed by atoms with Gasteiger partial charge in [0.05, 0.1) is 23.0 Å². The Kier molecular flexibility index (Phi) is 5.46. The van der Waals surface area contributed by atoms with E-state index in [0.29, 0.717) is 16.3 Å². The summed E-state index contributed by atoms with van der Waals surface area (Å²) < 4.78 is 26.6. The summed E-state index contributed by atoms with van der Waals surface area (Å²) in [5.41, 5.74) is 5.96. The first-order chi connectivity index (χ1) is 9.13. The molecule has 0 atom stereocenters. The fourth-order valence-electron chi connectivity index (χ4n) is 1.61. The molecule has 0 heterocycles. The number of nitrogens with two attached hydrogens (primary N) is 1. The van der Waals surface area contributed by atoms with Crippen LogP contribution in [-0.2, 0) is 10.0 Å². The second-order valence-electron chi connectivity index (χ2n) is 5.62. The van der Waals surface area contributed by atoms with Crippen LogP contribution in [0.15, 0.2) is 18.2 Å². The van der Waals surface area contributed by atoms with Crippen LogP contribution in [0.3, 0.4) is 0 Å². The van der Waals surface area contributed by atoms with Crippen molar-refractivity contribution in [2.75, 3.05) is 17.0 Å². The van der Waals surface area contributed by atoms with Crippen molar-refractivity contribution in [2.45, 2.75) is 20.8 Å². The maximum atomic E-state index is 12.1. The number of benzene rings is 1. The van der Waals surface area contributed by atoms with Crippen molar-refractivity contribution in [1.29, 1.82) is 0 Å². The van der Waals surface area contributed by atoms with Crippen molar-refractivity contribution < 1.29 is 8.42 Å². The Labute approximate surface area is 125 Å². The summed E-state index contributed by atoms with van der Waals surface area (Å²) in [6.07, 6.45) is 0. The van der Waals surface area contributed by atoms with Crippen LogP contribution in [-0.4, -0.2) is 20.7 Å². The minimum Gasteiger partial charge on any atom is -0.320 e. The lowest BCUT2D eigenvalue weighted by Gasteiger charge is -2.19. The Morgan fingerprint density at radius 2 is 2.00 bits per heavy atom. The quantitative estimate of drug-likeness (QED) is 0.842. The molecule has 6 heteroatoms. The van der Waals surface area contributed by atoms with Crippen molar-refractivity contribution >= 4 is 27.3 Å². The topological polar surface area (TPSA) is 72.2 Å². The van der Waals surface area contributed by atoms with E-state index >= 15 is 0 Å². The lowest BCUT2D eigenvalue weighted by Crippen LogP contribution is -2.26. The molecule has 0 amide bonds. The second kappa shape index (κ2) is 6.49. The molecule has 0 saturated heterocycles. The maximum absolute atomic E-state index is 12.1. The molecule has 0 spiro atoms. The molecule has 0 radical (unpaired) electrons. The van der Waals surface area contributed by atoms with Gasteiger partial charge in [0.2, 0.25) is 10.0 Å². The summed E-state index contributed by atoms with van der Waals surface area (Å²) in [6.45, 7) is 5.82. The predicted molar refractivity (Wildman–Crippen MR) is 84.2 cm³/mol. The zero-order valence-corrected chi connectivity index (χ0v) is 13.4. The van der Waals surface area contributed by atoms with Crippen LogP contribution in [0.2, 0.25) is 5.02 Å². The first-order valence-corrected chi connectivity index (χ1v) is 8.15. The minimum absolute atomic E-state index is 0.00896. The van der Waals surface area contributed by atoms with Gasteiger partial charge in [-0.3, -0.25) is 4.72 Å². The Bertz CT molecular complexity index is 637. The summed E-state index contributed by atoms with van der Waals surface area (Å²) in [7, 11) is -3.46. The number of hydrogen-bond acceptors (Lipinski definition) is 3. The Balaban J connectivity index is 3.03. The molecule has 0 saturated carbocycles. The molecule has 1 aromatic rings. The first-order valence-electron chi connectivity index (χ1n) is 6.12. The highest BCUT2D eigenvalue weighted by Crippen LogP contribution is 2.25. The Morgan fingerprint density at radius 1 is 1.35 bits per heavy atom. The zero-order valence-electron chi connectivity index (χ0n) is 11.8. The van der Waals surface area contributed by atoms with Crippen LogP contribution in [0.5, 0.6) is 0 Å². The third kappa shape index (κ3) is 5.83. The molecule has 0 bridgehead atoms. The van der Waals surface area contributed by atoms with E-state index in [1.165, 1.54) is 0 Å². The van der Waals surface area contributed by atoms with Crippen LogP contribution in [0, 0.1) is 17.3 Å². The molecular weight excluding hydrogens is 296 g/mol. The summed E-state index contributed by atoms with van der Waals surface area (Å²) in [6, 6.07) is 4.93. The van der Waals surface area contributed by atoms with E-state index in [-0.39, 0.29) is 17.7 Å². The number of anilines is 1. The van der Waals surface area contributed by atoms with Crippen LogP contribution >= 0.6 is 11.6 Å². The lowest BCUT2D eigenvalue weighted by atomic mass is 10.0. The van der Waals surface area contributed by atoms with Crippen molar-refractivity contribution in [2.24, 2.45) is 11.1 Å². The Morgan fingerprint density at radius 3 is 2.55 bits per heavy atom. The van der Waals surface area contributed by atoms with Gasteiger partial charge in [-0.2, -0.15) is 0 Å². The standard InChI is InChI=1S/C14H19ClN2O2S/c1-14(2,3)10-20(18,19)17-13-9-11(5-4-8-16)6-7-12(13)15/h6-7,9,17H,8,10,16H2,1-3H3. The SMILES string of the molecule is CC(C)(C)CS(=O)(=O)Nc1cc(C#CCN)ccc1Cl. The number of rotatable bonds is 3. The van der Waals surface area contributed by atoms with Gasteiger partial charge in [0, 0.05) is 5.56 Å². The Hall–Kier alpha value is -1.22. The molecule has 0 unspecified atom stereocenters. The molecular formula is C14H19ClN2O2S. The van der Waals surface area contributed by atoms with Gasteiger partial charge in [-0.05, 0) is 23.6 Å². The zero-order chi connectivity index (χ0) is 15.4. The van der Waals surface area contributed by atoms with Gasteiger partial charge in [-0.15, -0.1) is 0 Å². The fourth-order valence-corrected chi connectivity index (χ4v) is 3.55. The molecule has 20 heavy (non-hydrogen) atoms.